The fourth-order valence-corrected chi connectivity index (χ4v) is 7.03. The molecule has 11 heteroatoms. The number of para-hydroxylation sites is 1. The zero-order valence-electron chi connectivity index (χ0n) is 26.4. The van der Waals surface area contributed by atoms with Gasteiger partial charge in [0.05, 0.1) is 33.9 Å². The largest absolute Gasteiger partial charge is 0.488 e. The van der Waals surface area contributed by atoms with Crippen molar-refractivity contribution in [1.82, 2.24) is 14.9 Å². The Kier molecular flexibility index (Phi) is 9.48. The monoisotopic (exact) mass is 621 g/mol. The maximum Gasteiger partial charge on any atom is 0.351 e. The van der Waals surface area contributed by atoms with Crippen molar-refractivity contribution in [3.63, 3.8) is 0 Å². The molecule has 2 aromatic carbocycles. The van der Waals surface area contributed by atoms with E-state index in [1.54, 1.807) is 38.1 Å². The summed E-state index contributed by atoms with van der Waals surface area (Å²) in [6.45, 7) is 13.7. The second-order valence-electron chi connectivity index (χ2n) is 12.3. The van der Waals surface area contributed by atoms with Gasteiger partial charge in [0, 0.05) is 12.2 Å². The zero-order valence-corrected chi connectivity index (χ0v) is 27.3. The summed E-state index contributed by atoms with van der Waals surface area (Å²) in [7, 11) is -3.52. The molecule has 0 spiro atoms. The molecule has 1 aliphatic heterocycles. The third-order valence-electron chi connectivity index (χ3n) is 8.38. The van der Waals surface area contributed by atoms with E-state index in [9.17, 15) is 13.5 Å². The molecule has 4 aromatic rings. The number of H-pyrrole nitrogens is 2. The third-order valence-corrected chi connectivity index (χ3v) is 10.6. The number of aliphatic hydroxyl groups excluding tert-OH is 1. The van der Waals surface area contributed by atoms with Crippen molar-refractivity contribution in [2.75, 3.05) is 30.3 Å². The van der Waals surface area contributed by atoms with E-state index in [0.717, 1.165) is 48.4 Å². The Morgan fingerprint density at radius 3 is 2.48 bits per heavy atom. The van der Waals surface area contributed by atoms with Gasteiger partial charge in [-0.25, -0.2) is 13.4 Å². The maximum absolute atomic E-state index is 13.1. The Morgan fingerprint density at radius 2 is 1.80 bits per heavy atom. The van der Waals surface area contributed by atoms with Crippen LogP contribution in [0.4, 0.5) is 23.1 Å². The van der Waals surface area contributed by atoms with Crippen LogP contribution in [0.25, 0.3) is 11.0 Å². The van der Waals surface area contributed by atoms with E-state index in [0.29, 0.717) is 23.4 Å². The lowest BCUT2D eigenvalue weighted by Gasteiger charge is -2.36. The van der Waals surface area contributed by atoms with Gasteiger partial charge in [-0.1, -0.05) is 17.1 Å². The summed E-state index contributed by atoms with van der Waals surface area (Å²) >= 11 is 0. The van der Waals surface area contributed by atoms with Crippen LogP contribution in [-0.2, 0) is 9.84 Å². The lowest BCUT2D eigenvalue weighted by atomic mass is 9.86. The molecule has 0 bridgehead atoms. The predicted octanol–water partition coefficient (Wildman–Crippen LogP) is 5.70. The molecule has 1 unspecified atom stereocenters. The number of benzene rings is 2. The first-order valence-electron chi connectivity index (χ1n) is 15.4. The van der Waals surface area contributed by atoms with Gasteiger partial charge in [0.25, 0.3) is 0 Å². The molecule has 5 N–H and O–H groups in total. The second kappa shape index (κ2) is 13.1. The van der Waals surface area contributed by atoms with Gasteiger partial charge >= 0.3 is 5.95 Å². The number of ether oxygens (including phenoxy) is 1. The van der Waals surface area contributed by atoms with E-state index < -0.39 is 15.1 Å². The van der Waals surface area contributed by atoms with Crippen LogP contribution in [0.2, 0.25) is 0 Å². The number of rotatable bonds is 11. The van der Waals surface area contributed by atoms with Crippen LogP contribution in [0, 0.1) is 6.92 Å². The third kappa shape index (κ3) is 6.69. The maximum atomic E-state index is 13.1. The summed E-state index contributed by atoms with van der Waals surface area (Å²) in [4.78, 5) is 14.0. The number of aromatic amines is 2. The Balaban J connectivity index is 1.47. The van der Waals surface area contributed by atoms with Crippen LogP contribution < -0.4 is 20.4 Å². The highest BCUT2D eigenvalue weighted by molar-refractivity contribution is 7.92. The molecule has 10 nitrogen and oxygen atoms in total. The van der Waals surface area contributed by atoms with Gasteiger partial charge in [-0.3, -0.25) is 15.2 Å². The molecule has 1 atom stereocenters. The molecule has 0 amide bonds. The molecule has 0 saturated carbocycles. The van der Waals surface area contributed by atoms with Gasteiger partial charge in [0.15, 0.2) is 15.6 Å². The molecule has 44 heavy (non-hydrogen) atoms. The van der Waals surface area contributed by atoms with Crippen molar-refractivity contribution < 1.29 is 23.2 Å². The molecule has 3 heterocycles. The summed E-state index contributed by atoms with van der Waals surface area (Å²) in [5.41, 5.74) is 4.44. The zero-order chi connectivity index (χ0) is 31.6. The number of sulfone groups is 1. The van der Waals surface area contributed by atoms with Gasteiger partial charge < -0.3 is 15.2 Å². The molecule has 0 radical (unpaired) electrons. The van der Waals surface area contributed by atoms with E-state index in [2.05, 4.69) is 51.5 Å². The molecular formula is C33H45N6O4S+. The molecule has 5 rings (SSSR count). The molecule has 1 saturated heterocycles. The number of aromatic nitrogens is 3. The number of anilines is 4. The minimum Gasteiger partial charge on any atom is -0.488 e. The number of nitrogens with one attached hydrogen (secondary N) is 4. The van der Waals surface area contributed by atoms with Crippen LogP contribution in [0.5, 0.6) is 5.75 Å². The Hall–Kier alpha value is -3.67. The number of aryl methyl sites for hydroxylation is 1. The van der Waals surface area contributed by atoms with Crippen LogP contribution in [-0.4, -0.2) is 65.5 Å². The normalized spacial score (nSPS) is 15.7. The van der Waals surface area contributed by atoms with Crippen LogP contribution in [0.15, 0.2) is 53.6 Å². The number of aliphatic hydroxyl groups is 1. The number of hydrogen-bond acceptors (Lipinski definition) is 8. The van der Waals surface area contributed by atoms with Gasteiger partial charge in [0.2, 0.25) is 11.5 Å². The van der Waals surface area contributed by atoms with Gasteiger partial charge in [0.1, 0.15) is 5.69 Å². The molecule has 236 valence electrons. The van der Waals surface area contributed by atoms with Crippen molar-refractivity contribution in [2.45, 2.75) is 82.6 Å². The SMILES string of the molecule is Cc1cc(Nc2nc(Nc3ccccc3S(=O)(=O)C(C)C)c3cc[nH]c3[nH+]2)c(OC(C)C)cc1C1CCN(C(C)CO)CC1. The number of likely N-dealkylation sites (tertiary alicyclic amines) is 1. The summed E-state index contributed by atoms with van der Waals surface area (Å²) in [5.74, 6) is 2.14. The summed E-state index contributed by atoms with van der Waals surface area (Å²) < 4.78 is 32.5. The quantitative estimate of drug-likeness (QED) is 0.168. The molecule has 1 fully saturated rings. The molecule has 2 aromatic heterocycles. The van der Waals surface area contributed by atoms with E-state index in [-0.39, 0.29) is 23.6 Å². The standard InChI is InChI=1S/C33H44N6O4S/c1-20(2)43-29-18-26(24-12-15-39(16-13-24)23(6)19-40)22(5)17-28(29)36-33-37-31-25(11-14-34-31)32(38-33)35-27-9-7-8-10-30(27)44(41,42)21(3)4/h7-11,14,17-18,20-21,23-24,40H,12-13,15-16,19H2,1-6H3,(H3,34,35,36,37,38)/p+1. The molecular weight excluding hydrogens is 576 g/mol. The first kappa shape index (κ1) is 31.7. The number of fused-ring (bicyclic) bond motifs is 1. The highest BCUT2D eigenvalue weighted by Gasteiger charge is 2.27. The van der Waals surface area contributed by atoms with Crippen LogP contribution in [0.1, 0.15) is 64.5 Å². The Labute approximate surface area is 260 Å². The minimum atomic E-state index is -3.52. The Morgan fingerprint density at radius 1 is 1.07 bits per heavy atom. The van der Waals surface area contributed by atoms with E-state index in [4.69, 9.17) is 9.72 Å². The summed E-state index contributed by atoms with van der Waals surface area (Å²) in [6, 6.07) is 13.3. The number of nitrogens with zero attached hydrogens (tertiary/aromatic N) is 2. The van der Waals surface area contributed by atoms with Gasteiger partial charge in [-0.2, -0.15) is 0 Å². The average molecular weight is 622 g/mol. The first-order chi connectivity index (χ1) is 21.0. The fourth-order valence-electron chi connectivity index (χ4n) is 5.83. The van der Waals surface area contributed by atoms with Gasteiger partial charge in [-0.05, 0) is 115 Å². The molecule has 0 aliphatic carbocycles. The second-order valence-corrected chi connectivity index (χ2v) is 14.7. The number of piperidine rings is 1. The number of hydrogen-bond donors (Lipinski definition) is 4. The minimum absolute atomic E-state index is 0.0298. The van der Waals surface area contributed by atoms with E-state index in [1.807, 2.05) is 26.1 Å². The summed E-state index contributed by atoms with van der Waals surface area (Å²) in [6.07, 6.45) is 3.84. The van der Waals surface area contributed by atoms with E-state index >= 15 is 0 Å². The van der Waals surface area contributed by atoms with Crippen LogP contribution in [0.3, 0.4) is 0 Å². The lowest BCUT2D eigenvalue weighted by molar-refractivity contribution is -0.333. The van der Waals surface area contributed by atoms with Crippen molar-refractivity contribution in [3.05, 3.63) is 59.8 Å². The lowest BCUT2D eigenvalue weighted by Crippen LogP contribution is -2.41. The average Bonchev–Trinajstić information content (AvgIpc) is 3.47. The summed E-state index contributed by atoms with van der Waals surface area (Å²) in [5, 5.41) is 16.6. The van der Waals surface area contributed by atoms with Crippen molar-refractivity contribution in [3.8, 4) is 5.75 Å². The van der Waals surface area contributed by atoms with Gasteiger partial charge in [-0.15, -0.1) is 0 Å². The highest BCUT2D eigenvalue weighted by atomic mass is 32.2. The smallest absolute Gasteiger partial charge is 0.351 e. The van der Waals surface area contributed by atoms with E-state index in [1.165, 1.54) is 11.1 Å². The van der Waals surface area contributed by atoms with Crippen molar-refractivity contribution in [2.24, 2.45) is 0 Å². The van der Waals surface area contributed by atoms with Crippen molar-refractivity contribution in [1.29, 1.82) is 0 Å². The highest BCUT2D eigenvalue weighted by Crippen LogP contribution is 2.38. The van der Waals surface area contributed by atoms with Crippen LogP contribution >= 0.6 is 0 Å². The topological polar surface area (TPSA) is 134 Å². The first-order valence-corrected chi connectivity index (χ1v) is 17.0. The predicted molar refractivity (Wildman–Crippen MR) is 175 cm³/mol. The Bertz CT molecular complexity index is 1710. The van der Waals surface area contributed by atoms with Crippen molar-refractivity contribution >= 4 is 44.0 Å². The fraction of sp³-hybridized carbons (Fsp3) is 0.455. The molecule has 1 aliphatic rings.